The maximum atomic E-state index is 4.93. The zero-order valence-electron chi connectivity index (χ0n) is 6.07. The van der Waals surface area contributed by atoms with E-state index in [0.29, 0.717) is 5.76 Å². The Hall–Kier alpha value is -1.16. The van der Waals surface area contributed by atoms with Crippen LogP contribution in [0.4, 0.5) is 0 Å². The maximum absolute atomic E-state index is 4.93. The smallest absolute Gasteiger partial charge is 0.185 e. The summed E-state index contributed by atoms with van der Waals surface area (Å²) in [5, 5.41) is 3.59. The molecule has 0 unspecified atom stereocenters. The van der Waals surface area contributed by atoms with Crippen molar-refractivity contribution < 1.29 is 4.52 Å². The third-order valence-electron chi connectivity index (χ3n) is 1.42. The summed E-state index contributed by atoms with van der Waals surface area (Å²) in [6, 6.07) is 5.55. The van der Waals surface area contributed by atoms with Gasteiger partial charge in [0.2, 0.25) is 0 Å². The second-order valence-corrected chi connectivity index (χ2v) is 3.15. The van der Waals surface area contributed by atoms with E-state index in [1.165, 1.54) is 0 Å². The number of aromatic nitrogens is 2. The second kappa shape index (κ2) is 3.06. The van der Waals surface area contributed by atoms with Gasteiger partial charge in [-0.05, 0) is 28.1 Å². The van der Waals surface area contributed by atoms with E-state index in [9.17, 15) is 0 Å². The molecule has 2 aromatic rings. The molecule has 0 fully saturated rings. The summed E-state index contributed by atoms with van der Waals surface area (Å²) in [5.74, 6) is 0.683. The van der Waals surface area contributed by atoms with E-state index in [0.717, 1.165) is 10.2 Å². The first-order chi connectivity index (χ1) is 5.86. The molecular weight excluding hydrogens is 220 g/mol. The molecule has 0 saturated carbocycles. The summed E-state index contributed by atoms with van der Waals surface area (Å²) in [4.78, 5) is 4.14. The van der Waals surface area contributed by atoms with E-state index < -0.39 is 0 Å². The van der Waals surface area contributed by atoms with Crippen LogP contribution in [0.2, 0.25) is 0 Å². The monoisotopic (exact) mass is 224 g/mol. The summed E-state index contributed by atoms with van der Waals surface area (Å²) < 4.78 is 5.88. The van der Waals surface area contributed by atoms with Crippen molar-refractivity contribution in [3.63, 3.8) is 0 Å². The number of hydrogen-bond acceptors (Lipinski definition) is 3. The standard InChI is InChI=1S/C8H5BrN2O/c9-6-1-2-7(10-5-6)8-3-4-11-12-8/h1-5H. The molecule has 0 saturated heterocycles. The van der Waals surface area contributed by atoms with E-state index in [4.69, 9.17) is 4.52 Å². The average Bonchev–Trinajstić information content (AvgIpc) is 2.58. The number of pyridine rings is 1. The first-order valence-corrected chi connectivity index (χ1v) is 4.18. The van der Waals surface area contributed by atoms with Gasteiger partial charge in [0.15, 0.2) is 5.76 Å². The SMILES string of the molecule is Brc1ccc(-c2ccno2)nc1. The van der Waals surface area contributed by atoms with Gasteiger partial charge in [0.1, 0.15) is 5.69 Å². The summed E-state index contributed by atoms with van der Waals surface area (Å²) in [5.41, 5.74) is 0.788. The molecule has 3 nitrogen and oxygen atoms in total. The third-order valence-corrected chi connectivity index (χ3v) is 1.89. The minimum atomic E-state index is 0.683. The zero-order valence-corrected chi connectivity index (χ0v) is 7.65. The first kappa shape index (κ1) is 7.49. The molecule has 0 amide bonds. The second-order valence-electron chi connectivity index (χ2n) is 2.24. The van der Waals surface area contributed by atoms with Crippen molar-refractivity contribution >= 4 is 15.9 Å². The van der Waals surface area contributed by atoms with Gasteiger partial charge in [-0.3, -0.25) is 4.98 Å². The van der Waals surface area contributed by atoms with Gasteiger partial charge in [-0.2, -0.15) is 0 Å². The van der Waals surface area contributed by atoms with Crippen LogP contribution in [0.5, 0.6) is 0 Å². The maximum Gasteiger partial charge on any atom is 0.185 e. The molecule has 0 aliphatic heterocycles. The van der Waals surface area contributed by atoms with Gasteiger partial charge in [0.25, 0.3) is 0 Å². The Labute approximate surface area is 77.5 Å². The van der Waals surface area contributed by atoms with Crippen molar-refractivity contribution in [2.45, 2.75) is 0 Å². The molecule has 0 N–H and O–H groups in total. The van der Waals surface area contributed by atoms with Crippen molar-refractivity contribution in [2.24, 2.45) is 0 Å². The Morgan fingerprint density at radius 2 is 2.17 bits per heavy atom. The molecule has 4 heteroatoms. The minimum absolute atomic E-state index is 0.683. The van der Waals surface area contributed by atoms with Crippen LogP contribution >= 0.6 is 15.9 Å². The minimum Gasteiger partial charge on any atom is -0.355 e. The van der Waals surface area contributed by atoms with Crippen LogP contribution in [-0.2, 0) is 0 Å². The van der Waals surface area contributed by atoms with Crippen LogP contribution in [0.25, 0.3) is 11.5 Å². The molecule has 0 bridgehead atoms. The molecule has 0 aliphatic carbocycles. The van der Waals surface area contributed by atoms with Gasteiger partial charge < -0.3 is 4.52 Å². The molecule has 2 aromatic heterocycles. The van der Waals surface area contributed by atoms with E-state index >= 15 is 0 Å². The van der Waals surface area contributed by atoms with Gasteiger partial charge in [0.05, 0.1) is 6.20 Å². The van der Waals surface area contributed by atoms with Crippen LogP contribution in [0.3, 0.4) is 0 Å². The van der Waals surface area contributed by atoms with Crippen LogP contribution in [0.15, 0.2) is 39.6 Å². The molecular formula is C8H5BrN2O. The molecule has 0 atom stereocenters. The third kappa shape index (κ3) is 1.38. The van der Waals surface area contributed by atoms with Crippen molar-refractivity contribution in [3.8, 4) is 11.5 Å². The van der Waals surface area contributed by atoms with E-state index in [1.54, 1.807) is 18.5 Å². The number of nitrogens with zero attached hydrogens (tertiary/aromatic N) is 2. The highest BCUT2D eigenvalue weighted by Crippen LogP contribution is 2.17. The highest BCUT2D eigenvalue weighted by molar-refractivity contribution is 9.10. The van der Waals surface area contributed by atoms with Crippen molar-refractivity contribution in [2.75, 3.05) is 0 Å². The van der Waals surface area contributed by atoms with Gasteiger partial charge in [-0.25, -0.2) is 0 Å². The molecule has 0 radical (unpaired) electrons. The molecule has 12 heavy (non-hydrogen) atoms. The lowest BCUT2D eigenvalue weighted by Crippen LogP contribution is -1.78. The Morgan fingerprint density at radius 1 is 1.25 bits per heavy atom. The highest BCUT2D eigenvalue weighted by Gasteiger charge is 2.01. The molecule has 0 aromatic carbocycles. The predicted molar refractivity (Wildman–Crippen MR) is 47.4 cm³/mol. The van der Waals surface area contributed by atoms with Crippen molar-refractivity contribution in [1.29, 1.82) is 0 Å². The summed E-state index contributed by atoms with van der Waals surface area (Å²) in [6.45, 7) is 0. The average molecular weight is 225 g/mol. The number of hydrogen-bond donors (Lipinski definition) is 0. The van der Waals surface area contributed by atoms with Crippen LogP contribution in [0, 0.1) is 0 Å². The Morgan fingerprint density at radius 3 is 2.75 bits per heavy atom. The van der Waals surface area contributed by atoms with Crippen LogP contribution in [0.1, 0.15) is 0 Å². The summed E-state index contributed by atoms with van der Waals surface area (Å²) in [6.07, 6.45) is 3.32. The van der Waals surface area contributed by atoms with Gasteiger partial charge in [0, 0.05) is 16.7 Å². The molecule has 2 rings (SSSR count). The number of halogens is 1. The van der Waals surface area contributed by atoms with Crippen molar-refractivity contribution in [3.05, 3.63) is 35.1 Å². The van der Waals surface area contributed by atoms with E-state index in [1.807, 2.05) is 12.1 Å². The Kier molecular flexibility index (Phi) is 1.91. The molecule has 2 heterocycles. The summed E-state index contributed by atoms with van der Waals surface area (Å²) >= 11 is 3.30. The quantitative estimate of drug-likeness (QED) is 0.748. The van der Waals surface area contributed by atoms with Gasteiger partial charge in [-0.15, -0.1) is 0 Å². The molecule has 0 spiro atoms. The molecule has 60 valence electrons. The number of rotatable bonds is 1. The van der Waals surface area contributed by atoms with Crippen molar-refractivity contribution in [1.82, 2.24) is 10.1 Å². The normalized spacial score (nSPS) is 10.1. The summed E-state index contributed by atoms with van der Waals surface area (Å²) in [7, 11) is 0. The van der Waals surface area contributed by atoms with Gasteiger partial charge >= 0.3 is 0 Å². The lowest BCUT2D eigenvalue weighted by Gasteiger charge is -1.92. The fourth-order valence-corrected chi connectivity index (χ4v) is 1.10. The lowest BCUT2D eigenvalue weighted by molar-refractivity contribution is 0.431. The topological polar surface area (TPSA) is 38.9 Å². The zero-order chi connectivity index (χ0) is 8.39. The van der Waals surface area contributed by atoms with Crippen LogP contribution < -0.4 is 0 Å². The Bertz CT molecular complexity index is 355. The molecule has 0 aliphatic rings. The highest BCUT2D eigenvalue weighted by atomic mass is 79.9. The van der Waals surface area contributed by atoms with Crippen LogP contribution in [-0.4, -0.2) is 10.1 Å². The van der Waals surface area contributed by atoms with E-state index in [-0.39, 0.29) is 0 Å². The first-order valence-electron chi connectivity index (χ1n) is 3.39. The Balaban J connectivity index is 2.43. The van der Waals surface area contributed by atoms with Gasteiger partial charge in [-0.1, -0.05) is 5.16 Å². The lowest BCUT2D eigenvalue weighted by atomic mass is 10.3. The predicted octanol–water partition coefficient (Wildman–Crippen LogP) is 2.50. The van der Waals surface area contributed by atoms with E-state index in [2.05, 4.69) is 26.1 Å². The largest absolute Gasteiger partial charge is 0.355 e. The fraction of sp³-hybridized carbons (Fsp3) is 0. The fourth-order valence-electron chi connectivity index (χ4n) is 0.869.